The molecular formula is C11H18N2O. The second-order valence-electron chi connectivity index (χ2n) is 3.73. The fourth-order valence-corrected chi connectivity index (χ4v) is 1.14. The molecule has 0 spiro atoms. The maximum absolute atomic E-state index is 5.70. The number of ether oxygens (including phenoxy) is 1. The standard InChI is InChI=1S/C11H18N2O/c1-8(2)7-13-9-4-5-10(12)11(6-9)14-3/h4-6,8,13H,7,12H2,1-3H3. The van der Waals surface area contributed by atoms with Gasteiger partial charge in [0.25, 0.3) is 0 Å². The number of methoxy groups -OCH3 is 1. The van der Waals surface area contributed by atoms with Crippen LogP contribution in [0.1, 0.15) is 13.8 Å². The van der Waals surface area contributed by atoms with Crippen LogP contribution in [-0.2, 0) is 0 Å². The van der Waals surface area contributed by atoms with Crippen molar-refractivity contribution in [2.75, 3.05) is 24.7 Å². The lowest BCUT2D eigenvalue weighted by molar-refractivity contribution is 0.417. The van der Waals surface area contributed by atoms with E-state index in [2.05, 4.69) is 19.2 Å². The van der Waals surface area contributed by atoms with Crippen LogP contribution >= 0.6 is 0 Å². The van der Waals surface area contributed by atoms with Crippen molar-refractivity contribution < 1.29 is 4.74 Å². The molecule has 0 heterocycles. The van der Waals surface area contributed by atoms with Gasteiger partial charge in [0.1, 0.15) is 5.75 Å². The Bertz CT molecular complexity index is 297. The summed E-state index contributed by atoms with van der Waals surface area (Å²) in [5, 5.41) is 3.31. The maximum atomic E-state index is 5.70. The van der Waals surface area contributed by atoms with E-state index in [1.807, 2.05) is 18.2 Å². The van der Waals surface area contributed by atoms with E-state index < -0.39 is 0 Å². The third kappa shape index (κ3) is 2.83. The normalized spacial score (nSPS) is 10.3. The molecule has 0 aliphatic rings. The Balaban J connectivity index is 2.69. The highest BCUT2D eigenvalue weighted by atomic mass is 16.5. The molecule has 0 aliphatic carbocycles. The molecule has 3 N–H and O–H groups in total. The predicted molar refractivity (Wildman–Crippen MR) is 60.7 cm³/mol. The summed E-state index contributed by atoms with van der Waals surface area (Å²) >= 11 is 0. The predicted octanol–water partition coefficient (Wildman–Crippen LogP) is 2.35. The minimum atomic E-state index is 0.624. The van der Waals surface area contributed by atoms with Gasteiger partial charge in [-0.05, 0) is 18.1 Å². The number of hydrogen-bond acceptors (Lipinski definition) is 3. The first kappa shape index (κ1) is 10.7. The zero-order valence-electron chi connectivity index (χ0n) is 9.00. The van der Waals surface area contributed by atoms with Crippen LogP contribution in [0.2, 0.25) is 0 Å². The van der Waals surface area contributed by atoms with Gasteiger partial charge in [-0.25, -0.2) is 0 Å². The van der Waals surface area contributed by atoms with Crippen LogP contribution in [0.15, 0.2) is 18.2 Å². The minimum absolute atomic E-state index is 0.624. The maximum Gasteiger partial charge on any atom is 0.143 e. The molecule has 14 heavy (non-hydrogen) atoms. The highest BCUT2D eigenvalue weighted by Gasteiger charge is 2.00. The molecule has 0 aromatic heterocycles. The first-order valence-corrected chi connectivity index (χ1v) is 4.81. The largest absolute Gasteiger partial charge is 0.495 e. The average Bonchev–Trinajstić information content (AvgIpc) is 2.16. The summed E-state index contributed by atoms with van der Waals surface area (Å²) in [6.45, 7) is 5.29. The van der Waals surface area contributed by atoms with Gasteiger partial charge in [0, 0.05) is 18.3 Å². The van der Waals surface area contributed by atoms with E-state index in [4.69, 9.17) is 10.5 Å². The van der Waals surface area contributed by atoms with Crippen molar-refractivity contribution in [3.05, 3.63) is 18.2 Å². The SMILES string of the molecule is COc1cc(NCC(C)C)ccc1N. The third-order valence-electron chi connectivity index (χ3n) is 1.95. The third-order valence-corrected chi connectivity index (χ3v) is 1.95. The summed E-state index contributed by atoms with van der Waals surface area (Å²) in [6, 6.07) is 5.72. The molecule has 0 amide bonds. The zero-order valence-corrected chi connectivity index (χ0v) is 9.00. The number of rotatable bonds is 4. The van der Waals surface area contributed by atoms with Crippen LogP contribution in [0.5, 0.6) is 5.75 Å². The Morgan fingerprint density at radius 3 is 2.71 bits per heavy atom. The van der Waals surface area contributed by atoms with Gasteiger partial charge in [0.2, 0.25) is 0 Å². The lowest BCUT2D eigenvalue weighted by Gasteiger charge is -2.11. The molecule has 0 bridgehead atoms. The van der Waals surface area contributed by atoms with Crippen molar-refractivity contribution in [2.24, 2.45) is 5.92 Å². The Hall–Kier alpha value is -1.38. The number of nitrogens with two attached hydrogens (primary N) is 1. The van der Waals surface area contributed by atoms with Gasteiger partial charge in [-0.2, -0.15) is 0 Å². The summed E-state index contributed by atoms with van der Waals surface area (Å²) in [4.78, 5) is 0. The smallest absolute Gasteiger partial charge is 0.143 e. The number of nitrogens with one attached hydrogen (secondary N) is 1. The molecule has 0 atom stereocenters. The number of anilines is 2. The molecule has 1 aromatic carbocycles. The Kier molecular flexibility index (Phi) is 3.63. The van der Waals surface area contributed by atoms with Crippen LogP contribution in [0.3, 0.4) is 0 Å². The second kappa shape index (κ2) is 4.74. The van der Waals surface area contributed by atoms with E-state index in [0.717, 1.165) is 18.0 Å². The van der Waals surface area contributed by atoms with Gasteiger partial charge < -0.3 is 15.8 Å². The quantitative estimate of drug-likeness (QED) is 0.723. The average molecular weight is 194 g/mol. The number of nitrogen functional groups attached to an aromatic ring is 1. The molecule has 78 valence electrons. The summed E-state index contributed by atoms with van der Waals surface area (Å²) in [7, 11) is 1.62. The van der Waals surface area contributed by atoms with Gasteiger partial charge in [-0.1, -0.05) is 13.8 Å². The molecule has 3 nitrogen and oxygen atoms in total. The van der Waals surface area contributed by atoms with Crippen LogP contribution in [0.4, 0.5) is 11.4 Å². The monoisotopic (exact) mass is 194 g/mol. The van der Waals surface area contributed by atoms with Crippen LogP contribution in [0.25, 0.3) is 0 Å². The Labute approximate surface area is 85.3 Å². The van der Waals surface area contributed by atoms with Crippen molar-refractivity contribution >= 4 is 11.4 Å². The molecule has 3 heteroatoms. The zero-order chi connectivity index (χ0) is 10.6. The van der Waals surface area contributed by atoms with Crippen molar-refractivity contribution in [1.82, 2.24) is 0 Å². The highest BCUT2D eigenvalue weighted by molar-refractivity contribution is 5.61. The van der Waals surface area contributed by atoms with Gasteiger partial charge in [-0.15, -0.1) is 0 Å². The van der Waals surface area contributed by atoms with E-state index >= 15 is 0 Å². The molecule has 0 aliphatic heterocycles. The number of benzene rings is 1. The fourth-order valence-electron chi connectivity index (χ4n) is 1.14. The molecular weight excluding hydrogens is 176 g/mol. The lowest BCUT2D eigenvalue weighted by Crippen LogP contribution is -2.08. The van der Waals surface area contributed by atoms with E-state index in [1.54, 1.807) is 7.11 Å². The molecule has 1 rings (SSSR count). The first-order valence-electron chi connectivity index (χ1n) is 4.81. The molecule has 0 fully saturated rings. The van der Waals surface area contributed by atoms with Gasteiger partial charge in [0.15, 0.2) is 0 Å². The van der Waals surface area contributed by atoms with Crippen molar-refractivity contribution in [3.63, 3.8) is 0 Å². The van der Waals surface area contributed by atoms with Gasteiger partial charge in [0.05, 0.1) is 12.8 Å². The van der Waals surface area contributed by atoms with Crippen LogP contribution in [-0.4, -0.2) is 13.7 Å². The first-order chi connectivity index (χ1) is 6.63. The van der Waals surface area contributed by atoms with Gasteiger partial charge in [-0.3, -0.25) is 0 Å². The summed E-state index contributed by atoms with van der Waals surface area (Å²) in [5.74, 6) is 1.34. The van der Waals surface area contributed by atoms with Crippen LogP contribution < -0.4 is 15.8 Å². The molecule has 0 radical (unpaired) electrons. The Morgan fingerprint density at radius 1 is 1.43 bits per heavy atom. The Morgan fingerprint density at radius 2 is 2.14 bits per heavy atom. The molecule has 0 saturated carbocycles. The topological polar surface area (TPSA) is 47.3 Å². The van der Waals surface area contributed by atoms with E-state index in [0.29, 0.717) is 11.6 Å². The summed E-state index contributed by atoms with van der Waals surface area (Å²) < 4.78 is 5.13. The van der Waals surface area contributed by atoms with E-state index in [-0.39, 0.29) is 0 Å². The second-order valence-corrected chi connectivity index (χ2v) is 3.73. The van der Waals surface area contributed by atoms with Crippen LogP contribution in [0, 0.1) is 5.92 Å². The summed E-state index contributed by atoms with van der Waals surface area (Å²) in [6.07, 6.45) is 0. The van der Waals surface area contributed by atoms with Crippen molar-refractivity contribution in [1.29, 1.82) is 0 Å². The number of hydrogen-bond donors (Lipinski definition) is 2. The van der Waals surface area contributed by atoms with Crippen molar-refractivity contribution in [3.8, 4) is 5.75 Å². The summed E-state index contributed by atoms with van der Waals surface area (Å²) in [5.41, 5.74) is 7.42. The molecule has 1 aromatic rings. The van der Waals surface area contributed by atoms with Crippen molar-refractivity contribution in [2.45, 2.75) is 13.8 Å². The fraction of sp³-hybridized carbons (Fsp3) is 0.455. The van der Waals surface area contributed by atoms with E-state index in [9.17, 15) is 0 Å². The lowest BCUT2D eigenvalue weighted by atomic mass is 10.2. The molecule has 0 saturated heterocycles. The highest BCUT2D eigenvalue weighted by Crippen LogP contribution is 2.24. The van der Waals surface area contributed by atoms with Gasteiger partial charge >= 0.3 is 0 Å². The minimum Gasteiger partial charge on any atom is -0.495 e. The van der Waals surface area contributed by atoms with E-state index in [1.165, 1.54) is 0 Å². The molecule has 0 unspecified atom stereocenters.